The number of halogens is 4. The standard InChI is InChI=1S/C14H20BrNO3S.C13H18BrNO.C8H10BrN.C5H8O2.CH3ClO2S/c1-10-8-13(9-11(2)14(10)15)16(20(3,17)18)12-4-6-19-7-5-12;1-9-7-12(8-10(2)13(9)14)15-11-3-5-16-6-4-11;1-5-3-7(10)4-6(2)8(5)9;6-5-1-3-7-4-2-5;1-5(2,3)4/h8-9,12H,4-7H2,1-3H3;7-8,11,15H,3-6H2,1-2H3;3-4H,10H2,1-2H3;1-4H2;1H3. The SMILES string of the molecule is CS(=O)(=O)Cl.Cc1cc(N(C2CCOCC2)S(C)(=O)=O)cc(C)c1Br.Cc1cc(N)cc(C)c1Br.Cc1cc(NC2CCOCC2)cc(C)c1Br.O=C1CCOCC1. The summed E-state index contributed by atoms with van der Waals surface area (Å²) in [5, 5.41) is 3.59. The van der Waals surface area contributed by atoms with Gasteiger partial charge in [0.05, 0.1) is 31.4 Å². The monoisotopic (exact) mass is 1060 g/mol. The lowest BCUT2D eigenvalue weighted by Gasteiger charge is -2.34. The van der Waals surface area contributed by atoms with E-state index in [1.165, 1.54) is 38.7 Å². The maximum Gasteiger partial charge on any atom is 0.232 e. The van der Waals surface area contributed by atoms with Gasteiger partial charge in [0.25, 0.3) is 0 Å². The van der Waals surface area contributed by atoms with E-state index < -0.39 is 19.1 Å². The first-order chi connectivity index (χ1) is 27.0. The molecule has 0 radical (unpaired) electrons. The van der Waals surface area contributed by atoms with Crippen LogP contribution in [0.3, 0.4) is 0 Å². The second-order valence-electron chi connectivity index (χ2n) is 14.6. The van der Waals surface area contributed by atoms with Gasteiger partial charge in [-0.05, 0) is 137 Å². The van der Waals surface area contributed by atoms with Gasteiger partial charge in [-0.25, -0.2) is 16.8 Å². The summed E-state index contributed by atoms with van der Waals surface area (Å²) >= 11 is 10.6. The molecule has 3 fully saturated rings. The van der Waals surface area contributed by atoms with E-state index in [-0.39, 0.29) is 6.04 Å². The topological polar surface area (TPSA) is 154 Å². The van der Waals surface area contributed by atoms with Crippen LogP contribution in [0, 0.1) is 41.5 Å². The molecule has 0 atom stereocenters. The van der Waals surface area contributed by atoms with E-state index in [9.17, 15) is 21.6 Å². The number of anilines is 3. The number of sulfonamides is 1. The van der Waals surface area contributed by atoms with Crippen molar-refractivity contribution in [3.8, 4) is 0 Å². The van der Waals surface area contributed by atoms with Gasteiger partial charge in [-0.3, -0.25) is 9.10 Å². The first-order valence-electron chi connectivity index (χ1n) is 18.9. The number of ether oxygens (including phenoxy) is 3. The highest BCUT2D eigenvalue weighted by atomic mass is 79.9. The highest BCUT2D eigenvalue weighted by Gasteiger charge is 2.29. The lowest BCUT2D eigenvalue weighted by molar-refractivity contribution is -0.124. The van der Waals surface area contributed by atoms with Crippen molar-refractivity contribution in [1.29, 1.82) is 0 Å². The number of rotatable bonds is 5. The lowest BCUT2D eigenvalue weighted by Crippen LogP contribution is -2.43. The molecule has 0 amide bonds. The summed E-state index contributed by atoms with van der Waals surface area (Å²) in [6.07, 6.45) is 7.13. The van der Waals surface area contributed by atoms with Crippen molar-refractivity contribution in [2.75, 3.05) is 67.5 Å². The van der Waals surface area contributed by atoms with Gasteiger partial charge in [0.15, 0.2) is 0 Å². The van der Waals surface area contributed by atoms with Crippen molar-refractivity contribution in [3.05, 3.63) is 83.2 Å². The van der Waals surface area contributed by atoms with Crippen molar-refractivity contribution in [2.45, 2.75) is 92.2 Å². The number of Topliss-reactive ketones (excluding diaryl/α,β-unsaturated/α-hetero) is 1. The van der Waals surface area contributed by atoms with E-state index in [1.54, 1.807) is 4.31 Å². The molecule has 3 saturated heterocycles. The van der Waals surface area contributed by atoms with Gasteiger partial charge in [0.1, 0.15) is 5.78 Å². The van der Waals surface area contributed by atoms with Gasteiger partial charge in [-0.15, -0.1) is 0 Å². The molecule has 58 heavy (non-hydrogen) atoms. The quantitative estimate of drug-likeness (QED) is 0.187. The number of nitrogens with one attached hydrogen (secondary N) is 1. The molecule has 6 rings (SSSR count). The highest BCUT2D eigenvalue weighted by Crippen LogP contribution is 2.32. The van der Waals surface area contributed by atoms with E-state index in [1.807, 2.05) is 52.0 Å². The molecule has 0 aliphatic carbocycles. The maximum absolute atomic E-state index is 12.2. The van der Waals surface area contributed by atoms with E-state index in [4.69, 9.17) is 19.9 Å². The summed E-state index contributed by atoms with van der Waals surface area (Å²) < 4.78 is 63.8. The number of nitrogen functional groups attached to an aromatic ring is 1. The molecule has 3 heterocycles. The van der Waals surface area contributed by atoms with E-state index >= 15 is 0 Å². The predicted octanol–water partition coefficient (Wildman–Crippen LogP) is 9.87. The Morgan fingerprint density at radius 1 is 0.638 bits per heavy atom. The van der Waals surface area contributed by atoms with Crippen molar-refractivity contribution in [2.24, 2.45) is 0 Å². The Labute approximate surface area is 376 Å². The first kappa shape index (κ1) is 52.4. The molecule has 11 nitrogen and oxygen atoms in total. The molecule has 3 N–H and O–H groups in total. The van der Waals surface area contributed by atoms with Crippen LogP contribution in [0.25, 0.3) is 0 Å². The molecular weight excluding hydrogens is 1000 g/mol. The summed E-state index contributed by atoms with van der Waals surface area (Å²) in [6, 6.07) is 12.7. The minimum Gasteiger partial charge on any atom is -0.399 e. The number of hydrogen-bond acceptors (Lipinski definition) is 10. The first-order valence-corrected chi connectivity index (χ1v) is 25.9. The van der Waals surface area contributed by atoms with Gasteiger partial charge < -0.3 is 25.3 Å². The Kier molecular flexibility index (Phi) is 22.8. The van der Waals surface area contributed by atoms with Crippen molar-refractivity contribution >= 4 is 100 Å². The minimum absolute atomic E-state index is 0.0151. The van der Waals surface area contributed by atoms with Gasteiger partial charge in [-0.2, -0.15) is 0 Å². The Morgan fingerprint density at radius 2 is 0.983 bits per heavy atom. The van der Waals surface area contributed by atoms with Crippen molar-refractivity contribution in [1.82, 2.24) is 0 Å². The van der Waals surface area contributed by atoms with E-state index in [2.05, 4.69) is 89.8 Å². The van der Waals surface area contributed by atoms with Crippen LogP contribution in [0.4, 0.5) is 17.1 Å². The molecule has 3 aromatic carbocycles. The van der Waals surface area contributed by atoms with E-state index in [0.29, 0.717) is 51.1 Å². The van der Waals surface area contributed by atoms with Gasteiger partial charge in [0.2, 0.25) is 19.1 Å². The zero-order chi connectivity index (χ0) is 43.8. The summed E-state index contributed by atoms with van der Waals surface area (Å²) in [5.41, 5.74) is 15.5. The molecule has 0 unspecified atom stereocenters. The van der Waals surface area contributed by atoms with Gasteiger partial charge in [0, 0.05) is 86.8 Å². The number of carbonyl (C=O) groups excluding carboxylic acids is 1. The molecule has 3 aliphatic rings. The fraction of sp³-hybridized carbons (Fsp3) is 0.537. The Balaban J connectivity index is 0.000000271. The number of hydrogen-bond donors (Lipinski definition) is 2. The second-order valence-corrected chi connectivity index (χ2v) is 21.8. The minimum atomic E-state index is -3.30. The van der Waals surface area contributed by atoms with E-state index in [0.717, 1.165) is 76.6 Å². The molecule has 0 bridgehead atoms. The number of carbonyl (C=O) groups is 1. The maximum atomic E-state index is 12.2. The van der Waals surface area contributed by atoms with Crippen LogP contribution >= 0.6 is 58.5 Å². The molecule has 0 spiro atoms. The predicted molar refractivity (Wildman–Crippen MR) is 250 cm³/mol. The Bertz CT molecular complexity index is 1940. The number of nitrogens with zero attached hydrogens (tertiary/aromatic N) is 1. The normalized spacial score (nSPS) is 16.2. The zero-order valence-corrected chi connectivity index (χ0v) is 41.9. The number of nitrogens with two attached hydrogens (primary N) is 1. The van der Waals surface area contributed by atoms with Crippen LogP contribution in [0.1, 0.15) is 71.9 Å². The van der Waals surface area contributed by atoms with Crippen LogP contribution in [0.5, 0.6) is 0 Å². The van der Waals surface area contributed by atoms with Gasteiger partial charge in [-0.1, -0.05) is 47.8 Å². The van der Waals surface area contributed by atoms with Crippen molar-refractivity contribution < 1.29 is 35.8 Å². The Morgan fingerprint density at radius 3 is 1.34 bits per heavy atom. The number of benzene rings is 3. The highest BCUT2D eigenvalue weighted by molar-refractivity contribution is 9.11. The average Bonchev–Trinajstić information content (AvgIpc) is 3.12. The molecule has 326 valence electrons. The second kappa shape index (κ2) is 25.2. The van der Waals surface area contributed by atoms with Crippen molar-refractivity contribution in [3.63, 3.8) is 0 Å². The fourth-order valence-electron chi connectivity index (χ4n) is 6.33. The number of ketones is 1. The molecule has 17 heteroatoms. The largest absolute Gasteiger partial charge is 0.399 e. The van der Waals surface area contributed by atoms with Crippen LogP contribution in [-0.4, -0.2) is 86.9 Å². The summed E-state index contributed by atoms with van der Waals surface area (Å²) in [4.78, 5) is 10.4. The third-order valence-electron chi connectivity index (χ3n) is 9.09. The molecule has 3 aliphatic heterocycles. The molecule has 0 aromatic heterocycles. The zero-order valence-electron chi connectivity index (χ0n) is 34.7. The molecule has 3 aromatic rings. The third kappa shape index (κ3) is 19.7. The Hall–Kier alpha value is -1.76. The van der Waals surface area contributed by atoms with Crippen LogP contribution < -0.4 is 15.4 Å². The van der Waals surface area contributed by atoms with Crippen LogP contribution in [0.2, 0.25) is 0 Å². The fourth-order valence-corrected chi connectivity index (χ4v) is 8.26. The van der Waals surface area contributed by atoms with Crippen LogP contribution in [0.15, 0.2) is 49.8 Å². The third-order valence-corrected chi connectivity index (χ3v) is 14.1. The average molecular weight is 1060 g/mol. The number of aryl methyl sites for hydroxylation is 6. The summed E-state index contributed by atoms with van der Waals surface area (Å²) in [5.74, 6) is 0.339. The molecule has 0 saturated carbocycles. The van der Waals surface area contributed by atoms with Gasteiger partial charge >= 0.3 is 0 Å². The van der Waals surface area contributed by atoms with Crippen LogP contribution in [-0.2, 0) is 38.1 Å². The summed E-state index contributed by atoms with van der Waals surface area (Å²) in [6.45, 7) is 16.6. The summed E-state index contributed by atoms with van der Waals surface area (Å²) in [7, 11) is -1.99. The molecular formula is C41H59Br3ClN3O8S2. The lowest BCUT2D eigenvalue weighted by atomic mass is 10.1. The smallest absolute Gasteiger partial charge is 0.232 e.